The van der Waals surface area contributed by atoms with Gasteiger partial charge in [-0.05, 0) is 49.5 Å². The highest BCUT2D eigenvalue weighted by atomic mass is 32.1. The molecule has 2 N–H and O–H groups in total. The first-order valence-corrected chi connectivity index (χ1v) is 7.59. The number of rotatable bonds is 6. The fraction of sp³-hybridized carbons (Fsp3) is 0.333. The van der Waals surface area contributed by atoms with Crippen molar-refractivity contribution in [1.29, 1.82) is 0 Å². The third-order valence-corrected chi connectivity index (χ3v) is 4.04. The molecule has 2 aromatic heterocycles. The molecule has 2 aromatic rings. The van der Waals surface area contributed by atoms with Gasteiger partial charge in [0.25, 0.3) is 5.91 Å². The monoisotopic (exact) mass is 305 g/mol. The van der Waals surface area contributed by atoms with Crippen molar-refractivity contribution < 1.29 is 9.59 Å². The number of likely N-dealkylation sites (N-methyl/N-ethyl adjacent to an activating group) is 1. The van der Waals surface area contributed by atoms with Gasteiger partial charge in [-0.15, -0.1) is 0 Å². The number of nitrogens with one attached hydrogen (secondary N) is 2. The van der Waals surface area contributed by atoms with Gasteiger partial charge in [0.2, 0.25) is 0 Å². The average Bonchev–Trinajstić information content (AvgIpc) is 3.09. The molecule has 1 atom stereocenters. The molecule has 0 radical (unpaired) electrons. The maximum absolute atomic E-state index is 12.1. The highest BCUT2D eigenvalue weighted by Gasteiger charge is 2.17. The molecule has 0 aromatic carbocycles. The minimum atomic E-state index is -0.204. The molecule has 112 valence electrons. The number of aromatic amines is 1. The van der Waals surface area contributed by atoms with Crippen molar-refractivity contribution in [1.82, 2.24) is 15.2 Å². The lowest BCUT2D eigenvalue weighted by Gasteiger charge is -2.23. The number of amides is 1. The van der Waals surface area contributed by atoms with Gasteiger partial charge in [-0.3, -0.25) is 9.59 Å². The summed E-state index contributed by atoms with van der Waals surface area (Å²) in [6.07, 6.45) is 1.56. The van der Waals surface area contributed by atoms with E-state index in [1.807, 2.05) is 19.5 Å². The van der Waals surface area contributed by atoms with Crippen LogP contribution in [-0.2, 0) is 0 Å². The van der Waals surface area contributed by atoms with Gasteiger partial charge in [0.05, 0.1) is 6.04 Å². The summed E-state index contributed by atoms with van der Waals surface area (Å²) in [7, 11) is 3.97. The number of nitrogens with zero attached hydrogens (tertiary/aromatic N) is 1. The lowest BCUT2D eigenvalue weighted by molar-refractivity contribution is 0.0937. The molecule has 0 spiro atoms. The van der Waals surface area contributed by atoms with Gasteiger partial charge in [0.1, 0.15) is 5.69 Å². The van der Waals surface area contributed by atoms with E-state index in [0.717, 1.165) is 0 Å². The van der Waals surface area contributed by atoms with E-state index < -0.39 is 0 Å². The number of thiophene rings is 1. The SMILES string of the molecule is CC(=O)c1c[nH]c(C(=O)NC[C@H](c2ccsc2)N(C)C)c1. The van der Waals surface area contributed by atoms with E-state index in [4.69, 9.17) is 0 Å². The molecule has 0 aliphatic carbocycles. The number of hydrogen-bond acceptors (Lipinski definition) is 4. The Morgan fingerprint density at radius 2 is 2.19 bits per heavy atom. The zero-order chi connectivity index (χ0) is 15.4. The minimum Gasteiger partial charge on any atom is -0.356 e. The topological polar surface area (TPSA) is 65.2 Å². The molecule has 0 saturated carbocycles. The number of H-pyrrole nitrogens is 1. The zero-order valence-electron chi connectivity index (χ0n) is 12.3. The van der Waals surface area contributed by atoms with Crippen molar-refractivity contribution in [3.05, 3.63) is 45.9 Å². The maximum atomic E-state index is 12.1. The fourth-order valence-corrected chi connectivity index (χ4v) is 2.78. The molecular weight excluding hydrogens is 286 g/mol. The molecule has 0 aliphatic heterocycles. The average molecular weight is 305 g/mol. The molecule has 0 saturated heterocycles. The molecule has 1 amide bonds. The normalized spacial score (nSPS) is 12.4. The smallest absolute Gasteiger partial charge is 0.267 e. The lowest BCUT2D eigenvalue weighted by atomic mass is 10.1. The summed E-state index contributed by atoms with van der Waals surface area (Å²) in [5, 5.41) is 7.01. The minimum absolute atomic E-state index is 0.0604. The number of carbonyl (C=O) groups is 2. The van der Waals surface area contributed by atoms with E-state index in [-0.39, 0.29) is 17.7 Å². The first-order chi connectivity index (χ1) is 9.99. The highest BCUT2D eigenvalue weighted by molar-refractivity contribution is 7.07. The van der Waals surface area contributed by atoms with Crippen LogP contribution in [0.5, 0.6) is 0 Å². The van der Waals surface area contributed by atoms with E-state index in [9.17, 15) is 9.59 Å². The van der Waals surface area contributed by atoms with Crippen LogP contribution in [0.2, 0.25) is 0 Å². The number of Topliss-reactive ketones (excluding diaryl/α,β-unsaturated/α-hetero) is 1. The second-order valence-electron chi connectivity index (χ2n) is 5.10. The summed E-state index contributed by atoms with van der Waals surface area (Å²) >= 11 is 1.64. The van der Waals surface area contributed by atoms with Crippen LogP contribution in [0.1, 0.15) is 39.4 Å². The van der Waals surface area contributed by atoms with Gasteiger partial charge < -0.3 is 15.2 Å². The summed E-state index contributed by atoms with van der Waals surface area (Å²) in [6.45, 7) is 1.99. The van der Waals surface area contributed by atoms with Gasteiger partial charge in [0.15, 0.2) is 5.78 Å². The summed E-state index contributed by atoms with van der Waals surface area (Å²) in [4.78, 5) is 28.2. The Balaban J connectivity index is 2.00. The quantitative estimate of drug-likeness (QED) is 0.805. The van der Waals surface area contributed by atoms with Crippen LogP contribution in [0, 0.1) is 0 Å². The Bertz CT molecular complexity index is 617. The van der Waals surface area contributed by atoms with Crippen LogP contribution >= 0.6 is 11.3 Å². The highest BCUT2D eigenvalue weighted by Crippen LogP contribution is 2.20. The van der Waals surface area contributed by atoms with Crippen LogP contribution in [0.15, 0.2) is 29.1 Å². The summed E-state index contributed by atoms with van der Waals surface area (Å²) in [5.74, 6) is -0.265. The van der Waals surface area contributed by atoms with E-state index >= 15 is 0 Å². The van der Waals surface area contributed by atoms with Crippen molar-refractivity contribution in [2.45, 2.75) is 13.0 Å². The molecule has 0 aliphatic rings. The van der Waals surface area contributed by atoms with E-state index in [0.29, 0.717) is 17.8 Å². The second-order valence-corrected chi connectivity index (χ2v) is 5.88. The first kappa shape index (κ1) is 15.5. The van der Waals surface area contributed by atoms with Crippen molar-refractivity contribution >= 4 is 23.0 Å². The predicted molar refractivity (Wildman–Crippen MR) is 83.9 cm³/mol. The van der Waals surface area contributed by atoms with Crippen LogP contribution < -0.4 is 5.32 Å². The van der Waals surface area contributed by atoms with E-state index in [1.165, 1.54) is 12.5 Å². The van der Waals surface area contributed by atoms with Gasteiger partial charge in [-0.1, -0.05) is 0 Å². The Morgan fingerprint density at radius 3 is 2.71 bits per heavy atom. The number of carbonyl (C=O) groups excluding carboxylic acids is 2. The number of ketones is 1. The van der Waals surface area contributed by atoms with Crippen LogP contribution in [0.3, 0.4) is 0 Å². The van der Waals surface area contributed by atoms with Crippen molar-refractivity contribution in [2.24, 2.45) is 0 Å². The summed E-state index contributed by atoms with van der Waals surface area (Å²) in [5.41, 5.74) is 2.10. The van der Waals surface area contributed by atoms with Crippen molar-refractivity contribution in [3.8, 4) is 0 Å². The molecule has 0 bridgehead atoms. The van der Waals surface area contributed by atoms with Gasteiger partial charge in [-0.25, -0.2) is 0 Å². The Morgan fingerprint density at radius 1 is 1.43 bits per heavy atom. The maximum Gasteiger partial charge on any atom is 0.267 e. The van der Waals surface area contributed by atoms with Crippen LogP contribution in [0.4, 0.5) is 0 Å². The summed E-state index contributed by atoms with van der Waals surface area (Å²) in [6, 6.07) is 3.76. The molecule has 5 nitrogen and oxygen atoms in total. The van der Waals surface area contributed by atoms with E-state index in [1.54, 1.807) is 23.6 Å². The fourth-order valence-electron chi connectivity index (χ4n) is 2.08. The number of aromatic nitrogens is 1. The van der Waals surface area contributed by atoms with Crippen molar-refractivity contribution in [2.75, 3.05) is 20.6 Å². The predicted octanol–water partition coefficient (Wildman–Crippen LogP) is 2.31. The lowest BCUT2D eigenvalue weighted by Crippen LogP contribution is -2.34. The molecule has 6 heteroatoms. The molecule has 2 heterocycles. The standard InChI is InChI=1S/C15H19N3O2S/c1-10(19)12-6-13(16-7-12)15(20)17-8-14(18(2)3)11-4-5-21-9-11/h4-7,9,14,16H,8H2,1-3H3,(H,17,20)/t14-/m1/s1. The molecule has 0 unspecified atom stereocenters. The van der Waals surface area contributed by atoms with Crippen LogP contribution in [-0.4, -0.2) is 42.2 Å². The molecular formula is C15H19N3O2S. The summed E-state index contributed by atoms with van der Waals surface area (Å²) < 4.78 is 0. The molecule has 0 fully saturated rings. The molecule has 21 heavy (non-hydrogen) atoms. The van der Waals surface area contributed by atoms with Crippen molar-refractivity contribution in [3.63, 3.8) is 0 Å². The number of hydrogen-bond donors (Lipinski definition) is 2. The van der Waals surface area contributed by atoms with Gasteiger partial charge in [0, 0.05) is 18.3 Å². The Labute approximate surface area is 128 Å². The Kier molecular flexibility index (Phi) is 4.93. The third kappa shape index (κ3) is 3.80. The Hall–Kier alpha value is -1.92. The third-order valence-electron chi connectivity index (χ3n) is 3.34. The van der Waals surface area contributed by atoms with Gasteiger partial charge in [-0.2, -0.15) is 11.3 Å². The van der Waals surface area contributed by atoms with Gasteiger partial charge >= 0.3 is 0 Å². The molecule has 2 rings (SSSR count). The zero-order valence-corrected chi connectivity index (χ0v) is 13.2. The first-order valence-electron chi connectivity index (χ1n) is 6.65. The largest absolute Gasteiger partial charge is 0.356 e. The second kappa shape index (κ2) is 6.69. The van der Waals surface area contributed by atoms with Crippen LogP contribution in [0.25, 0.3) is 0 Å². The van der Waals surface area contributed by atoms with E-state index in [2.05, 4.69) is 26.6 Å².